The molecule has 1 fully saturated rings. The molecule has 2 heterocycles. The van der Waals surface area contributed by atoms with Gasteiger partial charge in [0.2, 0.25) is 0 Å². The van der Waals surface area contributed by atoms with E-state index in [1.54, 1.807) is 0 Å². The summed E-state index contributed by atoms with van der Waals surface area (Å²) in [4.78, 5) is 11.2. The third-order valence-corrected chi connectivity index (χ3v) is 3.26. The Hall–Kier alpha value is -1.36. The van der Waals surface area contributed by atoms with Crippen LogP contribution in [-0.2, 0) is 4.74 Å². The van der Waals surface area contributed by atoms with E-state index < -0.39 is 0 Å². The molecule has 18 heavy (non-hydrogen) atoms. The molecule has 2 rings (SSSR count). The summed E-state index contributed by atoms with van der Waals surface area (Å²) in [7, 11) is 0. The van der Waals surface area contributed by atoms with E-state index in [2.05, 4.69) is 35.6 Å². The summed E-state index contributed by atoms with van der Waals surface area (Å²) >= 11 is 0. The summed E-state index contributed by atoms with van der Waals surface area (Å²) in [6, 6.07) is 2.24. The fourth-order valence-corrected chi connectivity index (χ4v) is 2.17. The first kappa shape index (κ1) is 13.1. The van der Waals surface area contributed by atoms with Crippen LogP contribution in [0.3, 0.4) is 0 Å². The smallest absolute Gasteiger partial charge is 0.135 e. The van der Waals surface area contributed by atoms with Crippen molar-refractivity contribution in [2.24, 2.45) is 0 Å². The Morgan fingerprint density at radius 2 is 2.28 bits per heavy atom. The second-order valence-electron chi connectivity index (χ2n) is 4.99. The number of nitrogens with two attached hydrogens (primary N) is 1. The lowest BCUT2D eigenvalue weighted by Gasteiger charge is -2.36. The number of rotatable bonds is 3. The Balaban J connectivity index is 2.30. The monoisotopic (exact) mass is 250 g/mol. The molecule has 1 aromatic heterocycles. The van der Waals surface area contributed by atoms with Gasteiger partial charge in [0.15, 0.2) is 0 Å². The van der Waals surface area contributed by atoms with Crippen molar-refractivity contribution >= 4 is 11.6 Å². The standard InChI is InChI=1S/C13H22N4O/c1-4-10-8-18-6-5-17(10)12-7-11(14)15-13(16-12)9(2)3/h7,9-10H,4-6,8H2,1-3H3,(H2,14,15,16). The van der Waals surface area contributed by atoms with E-state index in [4.69, 9.17) is 10.5 Å². The number of ether oxygens (including phenoxy) is 1. The maximum atomic E-state index is 5.88. The van der Waals surface area contributed by atoms with E-state index in [1.165, 1.54) is 0 Å². The summed E-state index contributed by atoms with van der Waals surface area (Å²) in [5, 5.41) is 0. The molecule has 0 bridgehead atoms. The summed E-state index contributed by atoms with van der Waals surface area (Å²) in [5.41, 5.74) is 5.88. The normalized spacial score (nSPS) is 20.4. The quantitative estimate of drug-likeness (QED) is 0.886. The van der Waals surface area contributed by atoms with Crippen molar-refractivity contribution in [1.29, 1.82) is 0 Å². The predicted molar refractivity (Wildman–Crippen MR) is 72.8 cm³/mol. The minimum Gasteiger partial charge on any atom is -0.384 e. The highest BCUT2D eigenvalue weighted by Crippen LogP contribution is 2.23. The topological polar surface area (TPSA) is 64.3 Å². The number of nitrogens with zero attached hydrogens (tertiary/aromatic N) is 3. The molecule has 5 nitrogen and oxygen atoms in total. The lowest BCUT2D eigenvalue weighted by molar-refractivity contribution is 0.0925. The Bertz CT molecular complexity index is 408. The highest BCUT2D eigenvalue weighted by molar-refractivity contribution is 5.48. The van der Waals surface area contributed by atoms with Crippen LogP contribution < -0.4 is 10.6 Å². The van der Waals surface area contributed by atoms with E-state index in [-0.39, 0.29) is 5.92 Å². The lowest BCUT2D eigenvalue weighted by Crippen LogP contribution is -2.45. The average molecular weight is 250 g/mol. The third-order valence-electron chi connectivity index (χ3n) is 3.26. The van der Waals surface area contributed by atoms with Crippen molar-refractivity contribution in [3.05, 3.63) is 11.9 Å². The third kappa shape index (κ3) is 2.72. The first-order valence-corrected chi connectivity index (χ1v) is 6.60. The molecule has 0 aliphatic carbocycles. The first-order chi connectivity index (χ1) is 8.61. The SMILES string of the molecule is CCC1COCCN1c1cc(N)nc(C(C)C)n1. The molecule has 1 unspecified atom stereocenters. The zero-order valence-corrected chi connectivity index (χ0v) is 11.4. The van der Waals surface area contributed by atoms with Crippen molar-refractivity contribution in [2.75, 3.05) is 30.4 Å². The fourth-order valence-electron chi connectivity index (χ4n) is 2.17. The van der Waals surface area contributed by atoms with Gasteiger partial charge in [-0.15, -0.1) is 0 Å². The Morgan fingerprint density at radius 3 is 2.94 bits per heavy atom. The van der Waals surface area contributed by atoms with Crippen LogP contribution in [0, 0.1) is 0 Å². The van der Waals surface area contributed by atoms with Crippen molar-refractivity contribution in [1.82, 2.24) is 9.97 Å². The summed E-state index contributed by atoms with van der Waals surface area (Å²) in [6.07, 6.45) is 1.04. The number of anilines is 2. The number of nitrogen functional groups attached to an aromatic ring is 1. The molecule has 1 atom stereocenters. The van der Waals surface area contributed by atoms with Gasteiger partial charge in [0.05, 0.1) is 19.3 Å². The fraction of sp³-hybridized carbons (Fsp3) is 0.692. The number of morpholine rings is 1. The van der Waals surface area contributed by atoms with Gasteiger partial charge < -0.3 is 15.4 Å². The maximum absolute atomic E-state index is 5.88. The molecule has 0 aromatic carbocycles. The summed E-state index contributed by atoms with van der Waals surface area (Å²) < 4.78 is 5.52. The van der Waals surface area contributed by atoms with E-state index in [0.29, 0.717) is 11.9 Å². The molecule has 0 spiro atoms. The second kappa shape index (κ2) is 5.52. The Labute approximate surface area is 108 Å². The van der Waals surface area contributed by atoms with Crippen LogP contribution in [0.25, 0.3) is 0 Å². The highest BCUT2D eigenvalue weighted by Gasteiger charge is 2.23. The number of hydrogen-bond acceptors (Lipinski definition) is 5. The van der Waals surface area contributed by atoms with E-state index >= 15 is 0 Å². The van der Waals surface area contributed by atoms with Crippen LogP contribution in [0.15, 0.2) is 6.07 Å². The van der Waals surface area contributed by atoms with Crippen molar-refractivity contribution in [3.63, 3.8) is 0 Å². The van der Waals surface area contributed by atoms with Gasteiger partial charge in [-0.1, -0.05) is 20.8 Å². The van der Waals surface area contributed by atoms with Crippen LogP contribution in [0.2, 0.25) is 0 Å². The van der Waals surface area contributed by atoms with Crippen molar-refractivity contribution < 1.29 is 4.74 Å². The molecule has 0 radical (unpaired) electrons. The maximum Gasteiger partial charge on any atom is 0.135 e. The molecular formula is C13H22N4O. The van der Waals surface area contributed by atoms with Gasteiger partial charge in [0.1, 0.15) is 17.5 Å². The average Bonchev–Trinajstić information content (AvgIpc) is 2.38. The van der Waals surface area contributed by atoms with Crippen LogP contribution in [-0.4, -0.2) is 35.8 Å². The molecule has 0 saturated carbocycles. The number of aromatic nitrogens is 2. The van der Waals surface area contributed by atoms with Crippen LogP contribution in [0.5, 0.6) is 0 Å². The van der Waals surface area contributed by atoms with E-state index in [0.717, 1.165) is 37.8 Å². The molecule has 100 valence electrons. The van der Waals surface area contributed by atoms with Crippen LogP contribution >= 0.6 is 0 Å². The molecule has 1 aliphatic heterocycles. The number of hydrogen-bond donors (Lipinski definition) is 1. The van der Waals surface area contributed by atoms with Gasteiger partial charge in [-0.05, 0) is 6.42 Å². The van der Waals surface area contributed by atoms with E-state index in [1.807, 2.05) is 6.07 Å². The van der Waals surface area contributed by atoms with E-state index in [9.17, 15) is 0 Å². The van der Waals surface area contributed by atoms with Gasteiger partial charge in [0, 0.05) is 18.5 Å². The van der Waals surface area contributed by atoms with Crippen molar-refractivity contribution in [2.45, 2.75) is 39.2 Å². The molecule has 5 heteroatoms. The molecular weight excluding hydrogens is 228 g/mol. The van der Waals surface area contributed by atoms with Gasteiger partial charge in [-0.3, -0.25) is 0 Å². The zero-order chi connectivity index (χ0) is 13.1. The Kier molecular flexibility index (Phi) is 4.01. The largest absolute Gasteiger partial charge is 0.384 e. The van der Waals surface area contributed by atoms with Gasteiger partial charge in [0.25, 0.3) is 0 Å². The highest BCUT2D eigenvalue weighted by atomic mass is 16.5. The minimum atomic E-state index is 0.286. The molecule has 1 aromatic rings. The zero-order valence-electron chi connectivity index (χ0n) is 11.4. The lowest BCUT2D eigenvalue weighted by atomic mass is 10.1. The Morgan fingerprint density at radius 1 is 1.50 bits per heavy atom. The molecule has 1 aliphatic rings. The molecule has 1 saturated heterocycles. The van der Waals surface area contributed by atoms with Gasteiger partial charge >= 0.3 is 0 Å². The van der Waals surface area contributed by atoms with Crippen LogP contribution in [0.4, 0.5) is 11.6 Å². The molecule has 0 amide bonds. The van der Waals surface area contributed by atoms with Crippen LogP contribution in [0.1, 0.15) is 38.9 Å². The predicted octanol–water partition coefficient (Wildman–Crippen LogP) is 1.80. The summed E-state index contributed by atoms with van der Waals surface area (Å²) in [5.74, 6) is 2.58. The first-order valence-electron chi connectivity index (χ1n) is 6.60. The molecule has 2 N–H and O–H groups in total. The summed E-state index contributed by atoms with van der Waals surface area (Å²) in [6.45, 7) is 8.70. The van der Waals surface area contributed by atoms with Gasteiger partial charge in [-0.2, -0.15) is 0 Å². The van der Waals surface area contributed by atoms with Gasteiger partial charge in [-0.25, -0.2) is 9.97 Å². The minimum absolute atomic E-state index is 0.286. The van der Waals surface area contributed by atoms with Crippen molar-refractivity contribution in [3.8, 4) is 0 Å². The second-order valence-corrected chi connectivity index (χ2v) is 4.99.